The minimum Gasteiger partial charge on any atom is -0.154 e. The van der Waals surface area contributed by atoms with Gasteiger partial charge in [0.2, 0.25) is 0 Å². The Hall–Kier alpha value is -0.110. The third-order valence-corrected chi connectivity index (χ3v) is 1.14. The summed E-state index contributed by atoms with van der Waals surface area (Å²) in [5.41, 5.74) is 1.36. The summed E-state index contributed by atoms with van der Waals surface area (Å²) < 4.78 is 11.5. The van der Waals surface area contributed by atoms with E-state index in [4.69, 9.17) is 0 Å². The highest BCUT2D eigenvalue weighted by Crippen LogP contribution is 2.05. The highest BCUT2D eigenvalue weighted by atomic mass is 19.2. The summed E-state index contributed by atoms with van der Waals surface area (Å²) in [6.45, 7) is 5.56. The minimum atomic E-state index is -0.333. The summed E-state index contributed by atoms with van der Waals surface area (Å²) in [5.74, 6) is 0. The first kappa shape index (κ1) is 6.89. The Balaban J connectivity index is 3.36. The van der Waals surface area contributed by atoms with Gasteiger partial charge in [-0.3, -0.25) is 0 Å². The molecule has 0 heterocycles. The largest absolute Gasteiger partial charge is 0.154 e. The van der Waals surface area contributed by atoms with Crippen molar-refractivity contribution in [3.63, 3.8) is 0 Å². The number of nitrogens with one attached hydrogen (secondary N) is 1. The quantitative estimate of drug-likeness (QED) is 0.526. The second kappa shape index (κ2) is 2.26. The minimum absolute atomic E-state index is 0.333. The van der Waals surface area contributed by atoms with Crippen LogP contribution in [-0.2, 0) is 0 Å². The van der Waals surface area contributed by atoms with Gasteiger partial charge in [0.15, 0.2) is 0 Å². The first-order valence-corrected chi connectivity index (χ1v) is 2.50. The first-order chi connectivity index (χ1) is 3.12. The van der Waals surface area contributed by atoms with Gasteiger partial charge < -0.3 is 0 Å². The SMILES string of the molecule is CCC(C)(C)NF. The van der Waals surface area contributed by atoms with Crippen LogP contribution >= 0.6 is 0 Å². The fraction of sp³-hybridized carbons (Fsp3) is 1.00. The standard InChI is InChI=1S/C5H12FN/c1-4-5(2,3)7-6/h7H,4H2,1-3H3. The molecule has 7 heavy (non-hydrogen) atoms. The lowest BCUT2D eigenvalue weighted by atomic mass is 10.0. The number of rotatable bonds is 2. The maximum Gasteiger partial charge on any atom is 0.0423 e. The molecule has 0 aromatic carbocycles. The van der Waals surface area contributed by atoms with Gasteiger partial charge in [0.05, 0.1) is 0 Å². The van der Waals surface area contributed by atoms with Crippen LogP contribution in [0.3, 0.4) is 0 Å². The molecule has 0 radical (unpaired) electrons. The van der Waals surface area contributed by atoms with Crippen molar-refractivity contribution in [3.8, 4) is 0 Å². The fourth-order valence-electron chi connectivity index (χ4n) is 0.0668. The topological polar surface area (TPSA) is 12.0 Å². The Morgan fingerprint density at radius 1 is 1.57 bits per heavy atom. The molecule has 0 amide bonds. The van der Waals surface area contributed by atoms with Crippen molar-refractivity contribution < 1.29 is 4.48 Å². The van der Waals surface area contributed by atoms with Gasteiger partial charge in [0.25, 0.3) is 0 Å². The maximum absolute atomic E-state index is 11.5. The third kappa shape index (κ3) is 2.57. The Morgan fingerprint density at radius 3 is 2.00 bits per heavy atom. The summed E-state index contributed by atoms with van der Waals surface area (Å²) >= 11 is 0. The molecule has 2 heteroatoms. The molecule has 0 bridgehead atoms. The van der Waals surface area contributed by atoms with E-state index in [2.05, 4.69) is 0 Å². The van der Waals surface area contributed by atoms with Crippen LogP contribution in [0.2, 0.25) is 0 Å². The van der Waals surface area contributed by atoms with E-state index in [1.165, 1.54) is 0 Å². The molecule has 0 unspecified atom stereocenters. The molecule has 0 aliphatic heterocycles. The summed E-state index contributed by atoms with van der Waals surface area (Å²) in [5, 5.41) is 0. The van der Waals surface area contributed by atoms with Gasteiger partial charge in [-0.15, -0.1) is 4.48 Å². The van der Waals surface area contributed by atoms with Crippen molar-refractivity contribution in [2.75, 3.05) is 0 Å². The van der Waals surface area contributed by atoms with Crippen molar-refractivity contribution >= 4 is 0 Å². The van der Waals surface area contributed by atoms with Crippen LogP contribution in [0.1, 0.15) is 27.2 Å². The molecule has 0 saturated carbocycles. The predicted octanol–water partition coefficient (Wildman–Crippen LogP) is 1.65. The van der Waals surface area contributed by atoms with E-state index in [9.17, 15) is 4.48 Å². The van der Waals surface area contributed by atoms with Crippen molar-refractivity contribution in [3.05, 3.63) is 0 Å². The van der Waals surface area contributed by atoms with Crippen LogP contribution in [-0.4, -0.2) is 5.54 Å². The molecule has 0 spiro atoms. The molecular weight excluding hydrogens is 93.1 g/mol. The Labute approximate surface area is 43.8 Å². The zero-order valence-electron chi connectivity index (χ0n) is 5.09. The first-order valence-electron chi connectivity index (χ1n) is 2.50. The van der Waals surface area contributed by atoms with Gasteiger partial charge in [0.1, 0.15) is 0 Å². The predicted molar refractivity (Wildman–Crippen MR) is 28.6 cm³/mol. The van der Waals surface area contributed by atoms with Gasteiger partial charge in [-0.05, 0) is 20.3 Å². The molecule has 0 aliphatic carbocycles. The molecule has 0 aliphatic rings. The van der Waals surface area contributed by atoms with Crippen molar-refractivity contribution in [2.45, 2.75) is 32.7 Å². The van der Waals surface area contributed by atoms with E-state index in [0.29, 0.717) is 0 Å². The zero-order chi connectivity index (χ0) is 5.91. The molecule has 0 saturated heterocycles. The van der Waals surface area contributed by atoms with Crippen LogP contribution in [0, 0.1) is 0 Å². The highest BCUT2D eigenvalue weighted by molar-refractivity contribution is 4.68. The Bertz CT molecular complexity index is 46.0. The molecule has 1 nitrogen and oxygen atoms in total. The van der Waals surface area contributed by atoms with Gasteiger partial charge in [0, 0.05) is 5.54 Å². The van der Waals surface area contributed by atoms with Crippen LogP contribution in [0.5, 0.6) is 0 Å². The van der Waals surface area contributed by atoms with E-state index in [-0.39, 0.29) is 5.54 Å². The van der Waals surface area contributed by atoms with Crippen LogP contribution in [0.25, 0.3) is 0 Å². The maximum atomic E-state index is 11.5. The Morgan fingerprint density at radius 2 is 2.00 bits per heavy atom. The second-order valence-corrected chi connectivity index (χ2v) is 2.33. The summed E-state index contributed by atoms with van der Waals surface area (Å²) in [6, 6.07) is 0. The van der Waals surface area contributed by atoms with E-state index >= 15 is 0 Å². The van der Waals surface area contributed by atoms with Gasteiger partial charge >= 0.3 is 0 Å². The van der Waals surface area contributed by atoms with Crippen LogP contribution in [0.15, 0.2) is 0 Å². The number of hydrogen-bond donors (Lipinski definition) is 1. The smallest absolute Gasteiger partial charge is 0.0423 e. The lowest BCUT2D eigenvalue weighted by molar-refractivity contribution is 0.196. The Kier molecular flexibility index (Phi) is 2.23. The molecule has 0 aromatic rings. The van der Waals surface area contributed by atoms with Crippen LogP contribution < -0.4 is 5.54 Å². The van der Waals surface area contributed by atoms with Gasteiger partial charge in [-0.25, -0.2) is 0 Å². The number of hydrogen-bond acceptors (Lipinski definition) is 1. The molecular formula is C5H12FN. The van der Waals surface area contributed by atoms with Crippen LogP contribution in [0.4, 0.5) is 4.48 Å². The monoisotopic (exact) mass is 105 g/mol. The normalized spacial score (nSPS) is 12.0. The summed E-state index contributed by atoms with van der Waals surface area (Å²) in [7, 11) is 0. The average Bonchev–Trinajstić information content (AvgIpc) is 1.68. The number of halogens is 1. The summed E-state index contributed by atoms with van der Waals surface area (Å²) in [6.07, 6.45) is 0.809. The van der Waals surface area contributed by atoms with E-state index in [1.54, 1.807) is 5.54 Å². The van der Waals surface area contributed by atoms with Crippen molar-refractivity contribution in [1.29, 1.82) is 0 Å². The third-order valence-electron chi connectivity index (χ3n) is 1.14. The molecule has 0 atom stereocenters. The lowest BCUT2D eigenvalue weighted by Gasteiger charge is -2.16. The van der Waals surface area contributed by atoms with E-state index in [1.807, 2.05) is 20.8 Å². The second-order valence-electron chi connectivity index (χ2n) is 2.33. The molecule has 0 aromatic heterocycles. The highest BCUT2D eigenvalue weighted by Gasteiger charge is 2.11. The average molecular weight is 105 g/mol. The molecule has 0 rings (SSSR count). The zero-order valence-corrected chi connectivity index (χ0v) is 5.09. The molecule has 1 N–H and O–H groups in total. The van der Waals surface area contributed by atoms with Gasteiger partial charge in [-0.2, -0.15) is 5.54 Å². The fourth-order valence-corrected chi connectivity index (χ4v) is 0.0668. The van der Waals surface area contributed by atoms with E-state index < -0.39 is 0 Å². The van der Waals surface area contributed by atoms with Crippen molar-refractivity contribution in [2.24, 2.45) is 0 Å². The summed E-state index contributed by atoms with van der Waals surface area (Å²) in [4.78, 5) is 0. The molecule has 0 fully saturated rings. The van der Waals surface area contributed by atoms with Crippen molar-refractivity contribution in [1.82, 2.24) is 5.54 Å². The lowest BCUT2D eigenvalue weighted by Crippen LogP contribution is -2.31. The molecule has 44 valence electrons. The van der Waals surface area contributed by atoms with E-state index in [0.717, 1.165) is 6.42 Å². The van der Waals surface area contributed by atoms with Gasteiger partial charge in [-0.1, -0.05) is 6.92 Å².